The lowest BCUT2D eigenvalue weighted by molar-refractivity contribution is 0.0354. The summed E-state index contributed by atoms with van der Waals surface area (Å²) in [5, 5.41) is 0. The molecule has 0 spiro atoms. The summed E-state index contributed by atoms with van der Waals surface area (Å²) >= 11 is 0. The zero-order valence-corrected chi connectivity index (χ0v) is 12.7. The predicted molar refractivity (Wildman–Crippen MR) is 77.9 cm³/mol. The van der Waals surface area contributed by atoms with Gasteiger partial charge in [0.1, 0.15) is 10.7 Å². The van der Waals surface area contributed by atoms with Gasteiger partial charge in [-0.25, -0.2) is 17.5 Å². The molecule has 118 valence electrons. The van der Waals surface area contributed by atoms with Gasteiger partial charge in [0, 0.05) is 25.7 Å². The molecule has 0 bridgehead atoms. The third-order valence-corrected chi connectivity index (χ3v) is 4.92. The Morgan fingerprint density at radius 3 is 2.71 bits per heavy atom. The summed E-state index contributed by atoms with van der Waals surface area (Å²) in [5.41, 5.74) is 5.49. The topological polar surface area (TPSA) is 84.7 Å². The van der Waals surface area contributed by atoms with Crippen LogP contribution in [0.2, 0.25) is 0 Å². The number of hydrogen-bond donors (Lipinski definition) is 2. The maximum atomic E-state index is 13.0. The first-order chi connectivity index (χ1) is 9.88. The molecule has 1 aromatic carbocycles. The van der Waals surface area contributed by atoms with Crippen LogP contribution in [0.3, 0.4) is 0 Å². The highest BCUT2D eigenvalue weighted by molar-refractivity contribution is 7.89. The number of nitrogen functional groups attached to an aromatic ring is 1. The first kappa shape index (κ1) is 16.2. The van der Waals surface area contributed by atoms with Crippen LogP contribution in [-0.4, -0.2) is 52.2 Å². The SMILES string of the molecule is CC(CN1CCOCC1)NS(=O)(=O)c1ccc(F)cc1N. The van der Waals surface area contributed by atoms with E-state index in [-0.39, 0.29) is 16.6 Å². The average Bonchev–Trinajstić information content (AvgIpc) is 2.38. The number of sulfonamides is 1. The number of morpholine rings is 1. The molecule has 1 fully saturated rings. The first-order valence-electron chi connectivity index (χ1n) is 6.76. The normalized spacial score (nSPS) is 18.6. The number of anilines is 1. The highest BCUT2D eigenvalue weighted by atomic mass is 32.2. The van der Waals surface area contributed by atoms with Gasteiger partial charge in [-0.1, -0.05) is 0 Å². The van der Waals surface area contributed by atoms with Crippen LogP contribution in [0.1, 0.15) is 6.92 Å². The first-order valence-corrected chi connectivity index (χ1v) is 8.24. The third-order valence-electron chi connectivity index (χ3n) is 3.25. The van der Waals surface area contributed by atoms with Crippen molar-refractivity contribution in [2.75, 3.05) is 38.6 Å². The van der Waals surface area contributed by atoms with Gasteiger partial charge in [-0.05, 0) is 25.1 Å². The van der Waals surface area contributed by atoms with E-state index in [0.717, 1.165) is 25.2 Å². The minimum absolute atomic E-state index is 0.0962. The van der Waals surface area contributed by atoms with Crippen molar-refractivity contribution in [3.63, 3.8) is 0 Å². The molecular formula is C13H20FN3O3S. The fourth-order valence-electron chi connectivity index (χ4n) is 2.30. The lowest BCUT2D eigenvalue weighted by Gasteiger charge is -2.29. The van der Waals surface area contributed by atoms with Gasteiger partial charge < -0.3 is 10.5 Å². The molecule has 1 aliphatic heterocycles. The molecule has 1 atom stereocenters. The smallest absolute Gasteiger partial charge is 0.242 e. The number of nitrogens with zero attached hydrogens (tertiary/aromatic N) is 1. The minimum atomic E-state index is -3.76. The number of nitrogens with one attached hydrogen (secondary N) is 1. The molecule has 0 radical (unpaired) electrons. The van der Waals surface area contributed by atoms with E-state index in [9.17, 15) is 12.8 Å². The monoisotopic (exact) mass is 317 g/mol. The third kappa shape index (κ3) is 4.37. The fourth-order valence-corrected chi connectivity index (χ4v) is 3.65. The summed E-state index contributed by atoms with van der Waals surface area (Å²) in [5.74, 6) is -0.562. The van der Waals surface area contributed by atoms with Crippen LogP contribution in [0.4, 0.5) is 10.1 Å². The van der Waals surface area contributed by atoms with Crippen LogP contribution in [0.15, 0.2) is 23.1 Å². The molecule has 0 aliphatic carbocycles. The van der Waals surface area contributed by atoms with Crippen LogP contribution in [0, 0.1) is 5.82 Å². The molecule has 2 rings (SSSR count). The number of ether oxygens (including phenoxy) is 1. The van der Waals surface area contributed by atoms with E-state index in [2.05, 4.69) is 9.62 Å². The van der Waals surface area contributed by atoms with Crippen molar-refractivity contribution in [2.45, 2.75) is 17.9 Å². The van der Waals surface area contributed by atoms with Crippen molar-refractivity contribution >= 4 is 15.7 Å². The molecule has 1 aliphatic rings. The Morgan fingerprint density at radius 1 is 1.43 bits per heavy atom. The lowest BCUT2D eigenvalue weighted by atomic mass is 10.3. The molecule has 21 heavy (non-hydrogen) atoms. The summed E-state index contributed by atoms with van der Waals surface area (Å²) in [4.78, 5) is 2.03. The Bertz CT molecular complexity index is 588. The summed E-state index contributed by atoms with van der Waals surface area (Å²) < 4.78 is 45.3. The van der Waals surface area contributed by atoms with Gasteiger partial charge >= 0.3 is 0 Å². The Labute approximate surface area is 124 Å². The molecule has 0 saturated carbocycles. The highest BCUT2D eigenvalue weighted by Crippen LogP contribution is 2.19. The van der Waals surface area contributed by atoms with Crippen molar-refractivity contribution in [1.82, 2.24) is 9.62 Å². The molecule has 8 heteroatoms. The number of rotatable bonds is 5. The standard InChI is InChI=1S/C13H20FN3O3S/c1-10(9-17-4-6-20-7-5-17)16-21(18,19)13-3-2-11(14)8-12(13)15/h2-3,8,10,16H,4-7,9,15H2,1H3. The van der Waals surface area contributed by atoms with Crippen LogP contribution in [0.25, 0.3) is 0 Å². The zero-order valence-electron chi connectivity index (χ0n) is 11.9. The molecule has 0 aromatic heterocycles. The summed E-state index contributed by atoms with van der Waals surface area (Å²) in [7, 11) is -3.76. The summed E-state index contributed by atoms with van der Waals surface area (Å²) in [6, 6.07) is 2.98. The molecule has 3 N–H and O–H groups in total. The van der Waals surface area contributed by atoms with E-state index in [0.29, 0.717) is 19.8 Å². The van der Waals surface area contributed by atoms with Gasteiger partial charge in [0.2, 0.25) is 10.0 Å². The molecule has 1 unspecified atom stereocenters. The molecule has 1 aromatic rings. The van der Waals surface area contributed by atoms with E-state index in [1.54, 1.807) is 6.92 Å². The van der Waals surface area contributed by atoms with Gasteiger partial charge in [0.25, 0.3) is 0 Å². The van der Waals surface area contributed by atoms with Gasteiger partial charge in [-0.2, -0.15) is 0 Å². The molecule has 0 amide bonds. The van der Waals surface area contributed by atoms with E-state index >= 15 is 0 Å². The second-order valence-electron chi connectivity index (χ2n) is 5.12. The second-order valence-corrected chi connectivity index (χ2v) is 6.80. The number of nitrogens with two attached hydrogens (primary N) is 1. The Kier molecular flexibility index (Phi) is 5.15. The number of benzene rings is 1. The number of hydrogen-bond acceptors (Lipinski definition) is 5. The van der Waals surface area contributed by atoms with Gasteiger partial charge in [0.15, 0.2) is 0 Å². The largest absolute Gasteiger partial charge is 0.398 e. The fraction of sp³-hybridized carbons (Fsp3) is 0.538. The van der Waals surface area contributed by atoms with Crippen molar-refractivity contribution in [1.29, 1.82) is 0 Å². The second kappa shape index (κ2) is 6.69. The van der Waals surface area contributed by atoms with Crippen LogP contribution in [-0.2, 0) is 14.8 Å². The Hall–Kier alpha value is -1.22. The van der Waals surface area contributed by atoms with Gasteiger partial charge in [-0.15, -0.1) is 0 Å². The van der Waals surface area contributed by atoms with Crippen molar-refractivity contribution < 1.29 is 17.5 Å². The van der Waals surface area contributed by atoms with E-state index in [4.69, 9.17) is 10.5 Å². The summed E-state index contributed by atoms with van der Waals surface area (Å²) in [6.07, 6.45) is 0. The van der Waals surface area contributed by atoms with Crippen LogP contribution < -0.4 is 10.5 Å². The maximum Gasteiger partial charge on any atom is 0.242 e. The van der Waals surface area contributed by atoms with Crippen molar-refractivity contribution in [2.24, 2.45) is 0 Å². The van der Waals surface area contributed by atoms with Gasteiger partial charge in [-0.3, -0.25) is 4.90 Å². The van der Waals surface area contributed by atoms with Crippen molar-refractivity contribution in [3.8, 4) is 0 Å². The van der Waals surface area contributed by atoms with E-state index < -0.39 is 15.8 Å². The highest BCUT2D eigenvalue weighted by Gasteiger charge is 2.22. The minimum Gasteiger partial charge on any atom is -0.398 e. The van der Waals surface area contributed by atoms with Gasteiger partial charge in [0.05, 0.1) is 18.9 Å². The van der Waals surface area contributed by atoms with Crippen LogP contribution in [0.5, 0.6) is 0 Å². The molecule has 1 saturated heterocycles. The Balaban J connectivity index is 2.02. The van der Waals surface area contributed by atoms with Crippen molar-refractivity contribution in [3.05, 3.63) is 24.0 Å². The zero-order chi connectivity index (χ0) is 15.5. The summed E-state index contributed by atoms with van der Waals surface area (Å²) in [6.45, 7) is 5.25. The predicted octanol–water partition coefficient (Wildman–Crippen LogP) is 0.407. The molecule has 1 heterocycles. The van der Waals surface area contributed by atoms with E-state index in [1.165, 1.54) is 6.07 Å². The quantitative estimate of drug-likeness (QED) is 0.768. The van der Waals surface area contributed by atoms with Crippen LogP contribution >= 0.6 is 0 Å². The average molecular weight is 317 g/mol. The Morgan fingerprint density at radius 2 is 2.10 bits per heavy atom. The molecular weight excluding hydrogens is 297 g/mol. The number of halogens is 1. The maximum absolute atomic E-state index is 13.0. The molecule has 6 nitrogen and oxygen atoms in total. The van der Waals surface area contributed by atoms with E-state index in [1.807, 2.05) is 0 Å². The lowest BCUT2D eigenvalue weighted by Crippen LogP contribution is -2.46.